The summed E-state index contributed by atoms with van der Waals surface area (Å²) in [5.74, 6) is -0.786. The van der Waals surface area contributed by atoms with Crippen LogP contribution in [0, 0.1) is 0 Å². The van der Waals surface area contributed by atoms with Crippen molar-refractivity contribution in [3.05, 3.63) is 69.0 Å². The van der Waals surface area contributed by atoms with Crippen molar-refractivity contribution < 1.29 is 23.9 Å². The molecule has 0 aliphatic carbocycles. The van der Waals surface area contributed by atoms with Crippen molar-refractivity contribution in [1.82, 2.24) is 9.80 Å². The van der Waals surface area contributed by atoms with E-state index in [9.17, 15) is 19.2 Å². The van der Waals surface area contributed by atoms with Gasteiger partial charge in [-0.25, -0.2) is 4.79 Å². The molecule has 2 aromatic carbocycles. The third-order valence-electron chi connectivity index (χ3n) is 5.34. The SMILES string of the molecule is O=C(Oc1ccc(/C=C2\SC(=O)N(CC(=O)N3CCCCC3)C2=O)cc1)c1ccc(Br)cc1. The Morgan fingerprint density at radius 2 is 1.64 bits per heavy atom. The molecule has 2 aromatic rings. The van der Waals surface area contributed by atoms with Gasteiger partial charge in [0.15, 0.2) is 0 Å². The highest BCUT2D eigenvalue weighted by atomic mass is 79.9. The molecule has 7 nitrogen and oxygen atoms in total. The molecule has 0 N–H and O–H groups in total. The van der Waals surface area contributed by atoms with Crippen molar-refractivity contribution in [2.75, 3.05) is 19.6 Å². The van der Waals surface area contributed by atoms with Crippen molar-refractivity contribution >= 4 is 56.8 Å². The number of hydrogen-bond acceptors (Lipinski definition) is 6. The Labute approximate surface area is 203 Å². The largest absolute Gasteiger partial charge is 0.423 e. The number of benzene rings is 2. The Morgan fingerprint density at radius 1 is 0.970 bits per heavy atom. The molecule has 0 aromatic heterocycles. The van der Waals surface area contributed by atoms with Crippen molar-refractivity contribution in [2.24, 2.45) is 0 Å². The van der Waals surface area contributed by atoms with Crippen LogP contribution >= 0.6 is 27.7 Å². The van der Waals surface area contributed by atoms with Gasteiger partial charge < -0.3 is 9.64 Å². The summed E-state index contributed by atoms with van der Waals surface area (Å²) in [6.07, 6.45) is 4.58. The van der Waals surface area contributed by atoms with Crippen molar-refractivity contribution in [2.45, 2.75) is 19.3 Å². The molecular weight excluding hydrogens is 508 g/mol. The Morgan fingerprint density at radius 3 is 2.30 bits per heavy atom. The molecule has 170 valence electrons. The molecule has 2 aliphatic heterocycles. The molecule has 0 bridgehead atoms. The summed E-state index contributed by atoms with van der Waals surface area (Å²) in [4.78, 5) is 52.7. The number of hydrogen-bond donors (Lipinski definition) is 0. The van der Waals surface area contributed by atoms with E-state index in [0.717, 1.165) is 40.4 Å². The maximum Gasteiger partial charge on any atom is 0.343 e. The first-order valence-electron chi connectivity index (χ1n) is 10.5. The van der Waals surface area contributed by atoms with Crippen LogP contribution in [0.2, 0.25) is 0 Å². The summed E-state index contributed by atoms with van der Waals surface area (Å²) >= 11 is 4.14. The standard InChI is InChI=1S/C24H21BrN2O5S/c25-18-8-6-17(7-9-18)23(30)32-19-10-4-16(5-11-19)14-20-22(29)27(24(31)33-20)15-21(28)26-12-2-1-3-13-26/h4-11,14H,1-3,12-13,15H2/b20-14-. The lowest BCUT2D eigenvalue weighted by atomic mass is 10.1. The van der Waals surface area contributed by atoms with Gasteiger partial charge in [-0.15, -0.1) is 0 Å². The molecule has 33 heavy (non-hydrogen) atoms. The van der Waals surface area contributed by atoms with E-state index in [1.807, 2.05) is 0 Å². The summed E-state index contributed by atoms with van der Waals surface area (Å²) in [6, 6.07) is 13.5. The number of imide groups is 1. The molecule has 0 unspecified atom stereocenters. The highest BCUT2D eigenvalue weighted by molar-refractivity contribution is 9.10. The van der Waals surface area contributed by atoms with Gasteiger partial charge in [-0.1, -0.05) is 28.1 Å². The summed E-state index contributed by atoms with van der Waals surface area (Å²) in [6.45, 7) is 1.11. The number of likely N-dealkylation sites (tertiary alicyclic amines) is 1. The van der Waals surface area contributed by atoms with Gasteiger partial charge in [0.1, 0.15) is 12.3 Å². The number of carbonyl (C=O) groups is 4. The van der Waals surface area contributed by atoms with Gasteiger partial charge in [-0.3, -0.25) is 19.3 Å². The van der Waals surface area contributed by atoms with Crippen LogP contribution in [0.4, 0.5) is 4.79 Å². The van der Waals surface area contributed by atoms with Gasteiger partial charge in [-0.05, 0) is 79.1 Å². The summed E-state index contributed by atoms with van der Waals surface area (Å²) in [5.41, 5.74) is 1.10. The maximum absolute atomic E-state index is 12.7. The normalized spacial score (nSPS) is 17.5. The molecule has 2 heterocycles. The van der Waals surface area contributed by atoms with Gasteiger partial charge in [0.25, 0.3) is 11.1 Å². The zero-order valence-electron chi connectivity index (χ0n) is 17.7. The first kappa shape index (κ1) is 23.3. The number of esters is 1. The quantitative estimate of drug-likeness (QED) is 0.317. The lowest BCUT2D eigenvalue weighted by Gasteiger charge is -2.27. The van der Waals surface area contributed by atoms with E-state index in [4.69, 9.17) is 4.74 Å². The predicted octanol–water partition coefficient (Wildman–Crippen LogP) is 4.72. The highest BCUT2D eigenvalue weighted by Gasteiger charge is 2.37. The molecule has 4 rings (SSSR count). The Kier molecular flexibility index (Phi) is 7.29. The van der Waals surface area contributed by atoms with Crippen LogP contribution in [0.25, 0.3) is 6.08 Å². The van der Waals surface area contributed by atoms with E-state index in [1.165, 1.54) is 0 Å². The fourth-order valence-corrected chi connectivity index (χ4v) is 4.65. The van der Waals surface area contributed by atoms with Crippen LogP contribution in [0.15, 0.2) is 57.9 Å². The molecule has 0 saturated carbocycles. The van der Waals surface area contributed by atoms with Crippen LogP contribution in [-0.2, 0) is 9.59 Å². The van der Waals surface area contributed by atoms with Gasteiger partial charge in [-0.2, -0.15) is 0 Å². The minimum Gasteiger partial charge on any atom is -0.423 e. The lowest BCUT2D eigenvalue weighted by Crippen LogP contribution is -2.44. The second-order valence-corrected chi connectivity index (χ2v) is 9.58. The Bertz CT molecular complexity index is 1110. The Hall–Kier alpha value is -2.91. The molecule has 0 atom stereocenters. The van der Waals surface area contributed by atoms with Crippen molar-refractivity contribution in [3.8, 4) is 5.75 Å². The smallest absolute Gasteiger partial charge is 0.343 e. The number of thioether (sulfide) groups is 1. The molecule has 2 fully saturated rings. The predicted molar refractivity (Wildman–Crippen MR) is 129 cm³/mol. The second-order valence-electron chi connectivity index (χ2n) is 7.67. The fourth-order valence-electron chi connectivity index (χ4n) is 3.55. The van der Waals surface area contributed by atoms with E-state index < -0.39 is 17.1 Å². The third-order valence-corrected chi connectivity index (χ3v) is 6.78. The number of amides is 3. The molecule has 9 heteroatoms. The number of piperidine rings is 1. The van der Waals surface area contributed by atoms with Crippen molar-refractivity contribution in [3.63, 3.8) is 0 Å². The van der Waals surface area contributed by atoms with Crippen LogP contribution in [-0.4, -0.2) is 52.5 Å². The summed E-state index contributed by atoms with van der Waals surface area (Å²) < 4.78 is 6.23. The molecule has 2 aliphatic rings. The lowest BCUT2D eigenvalue weighted by molar-refractivity contribution is -0.136. The first-order chi connectivity index (χ1) is 15.9. The first-order valence-corrected chi connectivity index (χ1v) is 12.1. The van der Waals surface area contributed by atoms with Gasteiger partial charge in [0.2, 0.25) is 5.91 Å². The van der Waals surface area contributed by atoms with Crippen LogP contribution in [0.1, 0.15) is 35.2 Å². The van der Waals surface area contributed by atoms with Gasteiger partial charge >= 0.3 is 5.97 Å². The Balaban J connectivity index is 1.38. The monoisotopic (exact) mass is 528 g/mol. The number of halogens is 1. The molecule has 3 amide bonds. The minimum absolute atomic E-state index is 0.199. The topological polar surface area (TPSA) is 84.0 Å². The van der Waals surface area contributed by atoms with Gasteiger partial charge in [0.05, 0.1) is 10.5 Å². The van der Waals surface area contributed by atoms with Crippen LogP contribution in [0.3, 0.4) is 0 Å². The maximum atomic E-state index is 12.7. The second kappa shape index (κ2) is 10.4. The molecule has 0 radical (unpaired) electrons. The van der Waals surface area contributed by atoms with Crippen LogP contribution < -0.4 is 4.74 Å². The van der Waals surface area contributed by atoms with E-state index >= 15 is 0 Å². The average molecular weight is 529 g/mol. The summed E-state index contributed by atoms with van der Waals surface area (Å²) in [5, 5.41) is -0.448. The zero-order chi connectivity index (χ0) is 23.4. The minimum atomic E-state index is -0.477. The number of carbonyl (C=O) groups excluding carboxylic acids is 4. The van der Waals surface area contributed by atoms with Gasteiger partial charge in [0, 0.05) is 17.6 Å². The van der Waals surface area contributed by atoms with E-state index in [0.29, 0.717) is 30.0 Å². The average Bonchev–Trinajstić information content (AvgIpc) is 3.08. The summed E-state index contributed by atoms with van der Waals surface area (Å²) in [7, 11) is 0. The number of rotatable bonds is 5. The molecular formula is C24H21BrN2O5S. The highest BCUT2D eigenvalue weighted by Crippen LogP contribution is 2.32. The van der Waals surface area contributed by atoms with E-state index in [2.05, 4.69) is 15.9 Å². The van der Waals surface area contributed by atoms with Crippen molar-refractivity contribution in [1.29, 1.82) is 0 Å². The number of nitrogens with zero attached hydrogens (tertiary/aromatic N) is 2. The zero-order valence-corrected chi connectivity index (χ0v) is 20.1. The van der Waals surface area contributed by atoms with E-state index in [-0.39, 0.29) is 17.4 Å². The molecule has 0 spiro atoms. The van der Waals surface area contributed by atoms with Crippen LogP contribution in [0.5, 0.6) is 5.75 Å². The van der Waals surface area contributed by atoms with E-state index in [1.54, 1.807) is 59.5 Å². The molecule has 2 saturated heterocycles. The fraction of sp³-hybridized carbons (Fsp3) is 0.250. The number of ether oxygens (including phenoxy) is 1. The third kappa shape index (κ3) is 5.72.